The van der Waals surface area contributed by atoms with Gasteiger partial charge in [-0.05, 0) is 18.6 Å². The Hall–Kier alpha value is -1.63. The number of aromatic carboxylic acids is 1. The molecule has 0 aliphatic carbocycles. The smallest absolute Gasteiger partial charge is 0.342 e. The summed E-state index contributed by atoms with van der Waals surface area (Å²) in [6.45, 7) is 1.54. The lowest BCUT2D eigenvalue weighted by molar-refractivity contribution is 0.0687. The third-order valence-corrected chi connectivity index (χ3v) is 4.18. The van der Waals surface area contributed by atoms with Crippen LogP contribution in [0.25, 0.3) is 0 Å². The molecular weight excluding hydrogens is 275 g/mol. The van der Waals surface area contributed by atoms with E-state index < -0.39 is 27.2 Å². The summed E-state index contributed by atoms with van der Waals surface area (Å²) in [6.07, 6.45) is 0.503. The number of ether oxygens (including phenoxy) is 1. The van der Waals surface area contributed by atoms with Crippen molar-refractivity contribution < 1.29 is 27.4 Å². The molecule has 19 heavy (non-hydrogen) atoms. The second-order valence-electron chi connectivity index (χ2n) is 3.92. The van der Waals surface area contributed by atoms with Crippen molar-refractivity contribution in [1.82, 2.24) is 0 Å². The normalized spacial score (nSPS) is 11.3. The predicted octanol–water partition coefficient (Wildman–Crippen LogP) is 1.73. The van der Waals surface area contributed by atoms with Gasteiger partial charge in [0.05, 0.1) is 11.5 Å². The summed E-state index contributed by atoms with van der Waals surface area (Å²) < 4.78 is 41.2. The van der Waals surface area contributed by atoms with Crippen LogP contribution >= 0.6 is 0 Å². The average Bonchev–Trinajstić information content (AvgIpc) is 2.28. The van der Waals surface area contributed by atoms with Gasteiger partial charge in [0.1, 0.15) is 23.7 Å². The Bertz CT molecular complexity index is 553. The molecule has 0 spiro atoms. The van der Waals surface area contributed by atoms with E-state index in [1.807, 2.05) is 0 Å². The molecule has 0 aliphatic heterocycles. The molecule has 7 heteroatoms. The van der Waals surface area contributed by atoms with Crippen LogP contribution in [0, 0.1) is 5.82 Å². The summed E-state index contributed by atoms with van der Waals surface area (Å²) in [5, 5.41) is 8.85. The fourth-order valence-electron chi connectivity index (χ4n) is 1.52. The van der Waals surface area contributed by atoms with Gasteiger partial charge < -0.3 is 9.84 Å². The largest absolute Gasteiger partial charge is 0.492 e. The summed E-state index contributed by atoms with van der Waals surface area (Å²) in [5.74, 6) is -2.72. The number of benzene rings is 1. The van der Waals surface area contributed by atoms with Gasteiger partial charge in [-0.1, -0.05) is 13.0 Å². The Morgan fingerprint density at radius 3 is 2.63 bits per heavy atom. The van der Waals surface area contributed by atoms with Crippen molar-refractivity contribution in [2.24, 2.45) is 0 Å². The first-order valence-electron chi connectivity index (χ1n) is 5.72. The molecular formula is C12H15FO5S. The molecule has 0 amide bonds. The standard InChI is InChI=1S/C12H15FO5S/c1-2-7-19(16,17)8-6-18-10-5-3-4-9(13)11(10)12(14)15/h3-5H,2,6-8H2,1H3,(H,14,15). The lowest BCUT2D eigenvalue weighted by Gasteiger charge is -2.09. The second-order valence-corrected chi connectivity index (χ2v) is 6.22. The summed E-state index contributed by atoms with van der Waals surface area (Å²) in [4.78, 5) is 10.9. The van der Waals surface area contributed by atoms with Crippen LogP contribution in [0.5, 0.6) is 5.75 Å². The summed E-state index contributed by atoms with van der Waals surface area (Å²) >= 11 is 0. The number of carbonyl (C=O) groups is 1. The van der Waals surface area contributed by atoms with E-state index in [9.17, 15) is 17.6 Å². The molecule has 0 saturated heterocycles. The summed E-state index contributed by atoms with van der Waals surface area (Å²) in [6, 6.07) is 3.60. The van der Waals surface area contributed by atoms with Gasteiger partial charge in [-0.15, -0.1) is 0 Å². The molecule has 0 atom stereocenters. The monoisotopic (exact) mass is 290 g/mol. The van der Waals surface area contributed by atoms with Gasteiger partial charge in [0.2, 0.25) is 0 Å². The highest BCUT2D eigenvalue weighted by Crippen LogP contribution is 2.21. The van der Waals surface area contributed by atoms with E-state index in [4.69, 9.17) is 9.84 Å². The molecule has 0 saturated carbocycles. The van der Waals surface area contributed by atoms with Crippen LogP contribution < -0.4 is 4.74 Å². The Labute approximate surface area is 110 Å². The van der Waals surface area contributed by atoms with E-state index in [1.54, 1.807) is 6.92 Å². The Kier molecular flexibility index (Phi) is 5.29. The van der Waals surface area contributed by atoms with E-state index in [1.165, 1.54) is 12.1 Å². The average molecular weight is 290 g/mol. The van der Waals surface area contributed by atoms with E-state index in [0.29, 0.717) is 6.42 Å². The fraction of sp³-hybridized carbons (Fsp3) is 0.417. The lowest BCUT2D eigenvalue weighted by atomic mass is 10.2. The zero-order valence-corrected chi connectivity index (χ0v) is 11.2. The number of halogens is 1. The molecule has 0 aromatic heterocycles. The predicted molar refractivity (Wildman–Crippen MR) is 67.8 cm³/mol. The third kappa shape index (κ3) is 4.51. The van der Waals surface area contributed by atoms with Crippen LogP contribution in [0.3, 0.4) is 0 Å². The zero-order valence-electron chi connectivity index (χ0n) is 10.4. The maximum atomic E-state index is 13.3. The van der Waals surface area contributed by atoms with Crippen molar-refractivity contribution >= 4 is 15.8 Å². The van der Waals surface area contributed by atoms with Crippen molar-refractivity contribution in [3.63, 3.8) is 0 Å². The first-order chi connectivity index (χ1) is 8.87. The minimum atomic E-state index is -3.21. The number of hydrogen-bond acceptors (Lipinski definition) is 4. The van der Waals surface area contributed by atoms with Gasteiger partial charge in [0.25, 0.3) is 0 Å². The molecule has 5 nitrogen and oxygen atoms in total. The highest BCUT2D eigenvalue weighted by Gasteiger charge is 2.17. The zero-order chi connectivity index (χ0) is 14.5. The molecule has 0 fully saturated rings. The van der Waals surface area contributed by atoms with Gasteiger partial charge in [-0.2, -0.15) is 0 Å². The second kappa shape index (κ2) is 6.51. The van der Waals surface area contributed by atoms with Crippen LogP contribution in [0.15, 0.2) is 18.2 Å². The first kappa shape index (κ1) is 15.4. The van der Waals surface area contributed by atoms with Crippen LogP contribution in [0.4, 0.5) is 4.39 Å². The quantitative estimate of drug-likeness (QED) is 0.827. The van der Waals surface area contributed by atoms with E-state index >= 15 is 0 Å². The Morgan fingerprint density at radius 1 is 1.37 bits per heavy atom. The highest BCUT2D eigenvalue weighted by atomic mass is 32.2. The Morgan fingerprint density at radius 2 is 2.05 bits per heavy atom. The molecule has 1 aromatic carbocycles. The number of hydrogen-bond donors (Lipinski definition) is 1. The topological polar surface area (TPSA) is 80.7 Å². The molecule has 1 aromatic rings. The van der Waals surface area contributed by atoms with Crippen LogP contribution in [0.1, 0.15) is 23.7 Å². The number of carboxylic acids is 1. The maximum Gasteiger partial charge on any atom is 0.342 e. The summed E-state index contributed by atoms with van der Waals surface area (Å²) in [7, 11) is -3.21. The van der Waals surface area contributed by atoms with Crippen molar-refractivity contribution in [2.75, 3.05) is 18.1 Å². The van der Waals surface area contributed by atoms with E-state index in [0.717, 1.165) is 6.07 Å². The van der Waals surface area contributed by atoms with Crippen molar-refractivity contribution in [3.8, 4) is 5.75 Å². The Balaban J connectivity index is 2.74. The van der Waals surface area contributed by atoms with Crippen LogP contribution in [-0.4, -0.2) is 37.6 Å². The van der Waals surface area contributed by atoms with Crippen LogP contribution in [-0.2, 0) is 9.84 Å². The fourth-order valence-corrected chi connectivity index (χ4v) is 2.69. The van der Waals surface area contributed by atoms with E-state index in [-0.39, 0.29) is 23.9 Å². The number of sulfone groups is 1. The highest BCUT2D eigenvalue weighted by molar-refractivity contribution is 7.91. The molecule has 0 unspecified atom stereocenters. The summed E-state index contributed by atoms with van der Waals surface area (Å²) in [5.41, 5.74) is -0.588. The molecule has 1 rings (SSSR count). The first-order valence-corrected chi connectivity index (χ1v) is 7.54. The maximum absolute atomic E-state index is 13.3. The van der Waals surface area contributed by atoms with Crippen molar-refractivity contribution in [3.05, 3.63) is 29.6 Å². The molecule has 0 bridgehead atoms. The van der Waals surface area contributed by atoms with E-state index in [2.05, 4.69) is 0 Å². The molecule has 0 radical (unpaired) electrons. The SMILES string of the molecule is CCCS(=O)(=O)CCOc1cccc(F)c1C(=O)O. The van der Waals surface area contributed by atoms with Gasteiger partial charge in [0.15, 0.2) is 9.84 Å². The van der Waals surface area contributed by atoms with Gasteiger partial charge >= 0.3 is 5.97 Å². The van der Waals surface area contributed by atoms with Crippen LogP contribution in [0.2, 0.25) is 0 Å². The molecule has 0 aliphatic rings. The minimum absolute atomic E-state index is 0.0469. The molecule has 106 valence electrons. The third-order valence-electron chi connectivity index (χ3n) is 2.36. The number of carboxylic acid groups (broad SMARTS) is 1. The molecule has 1 N–H and O–H groups in total. The van der Waals surface area contributed by atoms with Gasteiger partial charge in [-0.25, -0.2) is 17.6 Å². The lowest BCUT2D eigenvalue weighted by Crippen LogP contribution is -2.17. The van der Waals surface area contributed by atoms with Crippen molar-refractivity contribution in [1.29, 1.82) is 0 Å². The van der Waals surface area contributed by atoms with Gasteiger partial charge in [0, 0.05) is 0 Å². The number of rotatable bonds is 7. The molecule has 0 heterocycles. The van der Waals surface area contributed by atoms with Gasteiger partial charge in [-0.3, -0.25) is 0 Å². The minimum Gasteiger partial charge on any atom is -0.492 e. The van der Waals surface area contributed by atoms with Crippen molar-refractivity contribution in [2.45, 2.75) is 13.3 Å².